The van der Waals surface area contributed by atoms with Crippen LogP contribution >= 0.6 is 7.91 Å². The number of fused-ring (bicyclic) bond motifs is 1. The van der Waals surface area contributed by atoms with E-state index in [9.17, 15) is 8.99 Å². The first-order valence-electron chi connectivity index (χ1n) is 5.92. The van der Waals surface area contributed by atoms with Crippen molar-refractivity contribution in [3.63, 3.8) is 0 Å². The summed E-state index contributed by atoms with van der Waals surface area (Å²) in [6.45, 7) is 0. The summed E-state index contributed by atoms with van der Waals surface area (Å²) in [5, 5.41) is 10.2. The van der Waals surface area contributed by atoms with Crippen LogP contribution in [0.2, 0.25) is 0 Å². The molecule has 0 aliphatic heterocycles. The van der Waals surface area contributed by atoms with Gasteiger partial charge in [0.25, 0.3) is 0 Å². The lowest BCUT2D eigenvalue weighted by atomic mass is 10.3. The summed E-state index contributed by atoms with van der Waals surface area (Å²) in [6, 6.07) is 7.76. The minimum atomic E-state index is -5.14. The quantitative estimate of drug-likeness (QED) is 0.623. The molecule has 22 heavy (non-hydrogen) atoms. The smallest absolute Gasteiger partial charge is 0.331 e. The molecule has 124 valence electrons. The van der Waals surface area contributed by atoms with Crippen LogP contribution in [0.5, 0.6) is 0 Å². The summed E-state index contributed by atoms with van der Waals surface area (Å²) >= 11 is 0. The molecule has 2 rings (SSSR count). The molecule has 0 spiro atoms. The number of benzene rings is 1. The number of hydrogen-bond acceptors (Lipinski definition) is 4. The van der Waals surface area contributed by atoms with Crippen LogP contribution in [0.1, 0.15) is 0 Å². The molecule has 0 bridgehead atoms. The maximum absolute atomic E-state index is 10.7. The number of rotatable bonds is 0. The Labute approximate surface area is 127 Å². The van der Waals surface area contributed by atoms with Crippen LogP contribution in [-0.2, 0) is 4.57 Å². The van der Waals surface area contributed by atoms with E-state index >= 15 is 0 Å². The Balaban J connectivity index is 0.000000316. The van der Waals surface area contributed by atoms with Gasteiger partial charge >= 0.3 is 13.9 Å². The molecular formula is C11H19FN5O4P. The lowest BCUT2D eigenvalue weighted by Crippen LogP contribution is -2.33. The van der Waals surface area contributed by atoms with Crippen LogP contribution in [0.15, 0.2) is 24.3 Å². The zero-order valence-electron chi connectivity index (χ0n) is 12.6. The summed E-state index contributed by atoms with van der Waals surface area (Å²) in [7, 11) is 1.76. The highest BCUT2D eigenvalue weighted by Gasteiger charge is 2.04. The zero-order valence-corrected chi connectivity index (χ0v) is 13.5. The Morgan fingerprint density at radius 1 is 1.18 bits per heavy atom. The van der Waals surface area contributed by atoms with Crippen molar-refractivity contribution in [3.8, 4) is 0 Å². The minimum absolute atomic E-state index is 0.0185. The first-order chi connectivity index (χ1) is 10.0. The fourth-order valence-electron chi connectivity index (χ4n) is 1.19. The Morgan fingerprint density at radius 3 is 2.00 bits per heavy atom. The van der Waals surface area contributed by atoms with Gasteiger partial charge in [-0.2, -0.15) is 0 Å². The topological polar surface area (TPSA) is 123 Å². The molecule has 1 aromatic carbocycles. The number of amides is 2. The minimum Gasteiger partial charge on any atom is -0.331 e. The van der Waals surface area contributed by atoms with E-state index in [0.29, 0.717) is 0 Å². The van der Waals surface area contributed by atoms with E-state index in [1.807, 2.05) is 24.3 Å². The monoisotopic (exact) mass is 335 g/mol. The number of carbonyl (C=O) groups is 1. The summed E-state index contributed by atoms with van der Waals surface area (Å²) in [5.74, 6) is 0. The SMILES string of the molecule is CN(C)C(=O)N(C)C.O=P(O)(O)F.c1ccc2[nH]nnc2c1. The largest absolute Gasteiger partial charge is 0.507 e. The molecule has 11 heteroatoms. The molecule has 9 nitrogen and oxygen atoms in total. The van der Waals surface area contributed by atoms with Gasteiger partial charge in [0, 0.05) is 28.2 Å². The lowest BCUT2D eigenvalue weighted by molar-refractivity contribution is 0.191. The predicted octanol–water partition coefficient (Wildman–Crippen LogP) is 1.24. The molecule has 0 saturated carbocycles. The van der Waals surface area contributed by atoms with Gasteiger partial charge < -0.3 is 9.80 Å². The standard InChI is InChI=1S/C6H5N3.C5H12N2O.FH2O3P/c1-2-4-6-5(3-1)7-9-8-6;1-6(2)5(8)7(3)4;1-5(2,3)4/h1-4H,(H,7,8,9);1-4H3;(H2,2,3,4). The Morgan fingerprint density at radius 2 is 1.64 bits per heavy atom. The fourth-order valence-corrected chi connectivity index (χ4v) is 1.19. The molecule has 0 aliphatic carbocycles. The van der Waals surface area contributed by atoms with Crippen LogP contribution in [0.25, 0.3) is 11.0 Å². The highest BCUT2D eigenvalue weighted by atomic mass is 31.2. The van der Waals surface area contributed by atoms with E-state index in [2.05, 4.69) is 15.4 Å². The number of para-hydroxylation sites is 1. The molecular weight excluding hydrogens is 316 g/mol. The second-order valence-electron chi connectivity index (χ2n) is 4.37. The fraction of sp³-hybridized carbons (Fsp3) is 0.364. The van der Waals surface area contributed by atoms with Crippen molar-refractivity contribution in [3.05, 3.63) is 24.3 Å². The average molecular weight is 335 g/mol. The zero-order chi connectivity index (χ0) is 17.3. The van der Waals surface area contributed by atoms with E-state index in [-0.39, 0.29) is 6.03 Å². The summed E-state index contributed by atoms with van der Waals surface area (Å²) in [5.41, 5.74) is 1.90. The van der Waals surface area contributed by atoms with Crippen molar-refractivity contribution < 1.29 is 23.3 Å². The van der Waals surface area contributed by atoms with Crippen molar-refractivity contribution in [1.82, 2.24) is 25.2 Å². The number of aromatic amines is 1. The van der Waals surface area contributed by atoms with Gasteiger partial charge in [0.15, 0.2) is 0 Å². The molecule has 0 saturated heterocycles. The Hall–Kier alpha value is -2.03. The summed E-state index contributed by atoms with van der Waals surface area (Å²) in [6.07, 6.45) is 0. The van der Waals surface area contributed by atoms with E-state index in [1.54, 1.807) is 28.2 Å². The number of halogens is 1. The number of H-pyrrole nitrogens is 1. The number of aromatic nitrogens is 3. The van der Waals surface area contributed by atoms with E-state index < -0.39 is 7.91 Å². The van der Waals surface area contributed by atoms with Crippen molar-refractivity contribution in [2.24, 2.45) is 0 Å². The highest BCUT2D eigenvalue weighted by molar-refractivity contribution is 7.45. The van der Waals surface area contributed by atoms with Crippen LogP contribution in [0.3, 0.4) is 0 Å². The van der Waals surface area contributed by atoms with Crippen LogP contribution < -0.4 is 0 Å². The number of hydrogen-bond donors (Lipinski definition) is 3. The highest BCUT2D eigenvalue weighted by Crippen LogP contribution is 2.34. The van der Waals surface area contributed by atoms with Gasteiger partial charge in [-0.1, -0.05) is 17.3 Å². The second kappa shape index (κ2) is 9.08. The predicted molar refractivity (Wildman–Crippen MR) is 79.8 cm³/mol. The molecule has 0 fully saturated rings. The van der Waals surface area contributed by atoms with Crippen molar-refractivity contribution in [1.29, 1.82) is 0 Å². The van der Waals surface area contributed by atoms with Crippen molar-refractivity contribution in [2.45, 2.75) is 0 Å². The van der Waals surface area contributed by atoms with Crippen LogP contribution in [0, 0.1) is 0 Å². The Kier molecular flexibility index (Phi) is 8.24. The van der Waals surface area contributed by atoms with Crippen LogP contribution in [0.4, 0.5) is 8.99 Å². The number of nitrogens with zero attached hydrogens (tertiary/aromatic N) is 4. The molecule has 1 heterocycles. The number of nitrogens with one attached hydrogen (secondary N) is 1. The molecule has 3 N–H and O–H groups in total. The van der Waals surface area contributed by atoms with Gasteiger partial charge in [-0.25, -0.2) is 9.36 Å². The van der Waals surface area contributed by atoms with Gasteiger partial charge in [0.05, 0.1) is 5.52 Å². The molecule has 0 aliphatic rings. The number of urea groups is 1. The van der Waals surface area contributed by atoms with Crippen LogP contribution in [-0.4, -0.2) is 69.2 Å². The Bertz CT molecular complexity index is 579. The van der Waals surface area contributed by atoms with Gasteiger partial charge in [0.1, 0.15) is 5.52 Å². The third kappa shape index (κ3) is 9.81. The average Bonchev–Trinajstić information content (AvgIpc) is 2.84. The van der Waals surface area contributed by atoms with Gasteiger partial charge in [-0.3, -0.25) is 14.9 Å². The number of carbonyl (C=O) groups excluding carboxylic acids is 1. The molecule has 1 aromatic heterocycles. The molecule has 0 unspecified atom stereocenters. The summed E-state index contributed by atoms with van der Waals surface area (Å²) < 4.78 is 19.0. The van der Waals surface area contributed by atoms with Gasteiger partial charge in [-0.05, 0) is 12.1 Å². The van der Waals surface area contributed by atoms with Gasteiger partial charge in [-0.15, -0.1) is 9.30 Å². The van der Waals surface area contributed by atoms with Gasteiger partial charge in [0.2, 0.25) is 0 Å². The maximum atomic E-state index is 10.7. The third-order valence-corrected chi connectivity index (χ3v) is 2.00. The molecule has 0 radical (unpaired) electrons. The molecule has 2 amide bonds. The molecule has 2 aromatic rings. The van der Waals surface area contributed by atoms with E-state index in [4.69, 9.17) is 14.4 Å². The van der Waals surface area contributed by atoms with E-state index in [0.717, 1.165) is 11.0 Å². The third-order valence-electron chi connectivity index (χ3n) is 2.00. The maximum Gasteiger partial charge on any atom is 0.507 e. The van der Waals surface area contributed by atoms with E-state index in [1.165, 1.54) is 9.80 Å². The first-order valence-corrected chi connectivity index (χ1v) is 7.42. The first kappa shape index (κ1) is 20.0. The molecule has 0 atom stereocenters. The summed E-state index contributed by atoms with van der Waals surface area (Å²) in [4.78, 5) is 27.7. The normalized spacial score (nSPS) is 9.95. The lowest BCUT2D eigenvalue weighted by Gasteiger charge is -2.16. The second-order valence-corrected chi connectivity index (χ2v) is 5.32. The van der Waals surface area contributed by atoms with Crippen molar-refractivity contribution in [2.75, 3.05) is 28.2 Å². The van der Waals surface area contributed by atoms with Crippen molar-refractivity contribution >= 4 is 25.0 Å².